The van der Waals surface area contributed by atoms with Gasteiger partial charge in [0.1, 0.15) is 11.6 Å². The highest BCUT2D eigenvalue weighted by Crippen LogP contribution is 2.30. The molecule has 10 nitrogen and oxygen atoms in total. The molecule has 43 heavy (non-hydrogen) atoms. The van der Waals surface area contributed by atoms with Crippen LogP contribution in [0.1, 0.15) is 49.8 Å². The summed E-state index contributed by atoms with van der Waals surface area (Å²) in [6.45, 7) is 7.88. The third-order valence-corrected chi connectivity index (χ3v) is 7.18. The molecule has 6 rings (SSSR count). The number of hydrogen-bond acceptors (Lipinski definition) is 7. The van der Waals surface area contributed by atoms with E-state index in [-0.39, 0.29) is 11.7 Å². The Bertz CT molecular complexity index is 2010. The van der Waals surface area contributed by atoms with Crippen molar-refractivity contribution in [1.29, 1.82) is 0 Å². The Balaban J connectivity index is 1.42. The first-order valence-electron chi connectivity index (χ1n) is 14.3. The van der Waals surface area contributed by atoms with Gasteiger partial charge in [-0.1, -0.05) is 67.0 Å². The number of nitrogens with zero attached hydrogens (tertiary/aromatic N) is 5. The first kappa shape index (κ1) is 27.9. The molecule has 6 aromatic rings. The van der Waals surface area contributed by atoms with Gasteiger partial charge in [-0.05, 0) is 68.1 Å². The monoisotopic (exact) mass is 576 g/mol. The van der Waals surface area contributed by atoms with Crippen LogP contribution < -0.4 is 16.1 Å². The van der Waals surface area contributed by atoms with E-state index in [4.69, 9.17) is 14.4 Å². The van der Waals surface area contributed by atoms with Gasteiger partial charge in [0.15, 0.2) is 5.82 Å². The van der Waals surface area contributed by atoms with Crippen molar-refractivity contribution in [1.82, 2.24) is 29.3 Å². The molecule has 0 amide bonds. The number of hydrogen-bond donors (Lipinski definition) is 1. The van der Waals surface area contributed by atoms with E-state index in [9.17, 15) is 9.59 Å². The lowest BCUT2D eigenvalue weighted by atomic mass is 9.96. The third-order valence-electron chi connectivity index (χ3n) is 7.18. The molecular formula is C33H32N6O4. The second-order valence-corrected chi connectivity index (χ2v) is 10.7. The van der Waals surface area contributed by atoms with E-state index in [1.807, 2.05) is 98.1 Å². The van der Waals surface area contributed by atoms with Crippen LogP contribution in [-0.4, -0.2) is 35.4 Å². The molecule has 0 saturated heterocycles. The molecule has 3 aromatic heterocycles. The standard InChI is InChI=1S/C33H32N6O4/c1-5-8-29-28(19-22-11-13-23(14-12-22)26-9-6-7-10-27(26)30-35-33(41)43-37-30)31(40)38(32-34-21(4)36-39(29)32)24-15-17-25(18-16-24)42-20(2)3/h6-7,9-18,20H,5,8,19H2,1-4H3,(H,35,37,41). The Hall–Kier alpha value is -5.25. The van der Waals surface area contributed by atoms with Crippen molar-refractivity contribution in [3.05, 3.63) is 116 Å². The lowest BCUT2D eigenvalue weighted by Crippen LogP contribution is -2.28. The molecule has 3 aromatic carbocycles. The van der Waals surface area contributed by atoms with E-state index in [0.717, 1.165) is 40.1 Å². The zero-order chi connectivity index (χ0) is 30.1. The summed E-state index contributed by atoms with van der Waals surface area (Å²) in [5, 5.41) is 8.55. The fraction of sp³-hybridized carbons (Fsp3) is 0.242. The van der Waals surface area contributed by atoms with Crippen LogP contribution in [0.5, 0.6) is 5.75 Å². The summed E-state index contributed by atoms with van der Waals surface area (Å²) in [4.78, 5) is 33.1. The van der Waals surface area contributed by atoms with Gasteiger partial charge in [-0.15, -0.1) is 0 Å². The summed E-state index contributed by atoms with van der Waals surface area (Å²) in [7, 11) is 0. The summed E-state index contributed by atoms with van der Waals surface area (Å²) in [5.74, 6) is 1.59. The Kier molecular flexibility index (Phi) is 7.50. The second kappa shape index (κ2) is 11.6. The molecule has 3 heterocycles. The average Bonchev–Trinajstić information content (AvgIpc) is 3.61. The van der Waals surface area contributed by atoms with Crippen molar-refractivity contribution < 1.29 is 9.26 Å². The largest absolute Gasteiger partial charge is 0.491 e. The Labute approximate surface area is 247 Å². The lowest BCUT2D eigenvalue weighted by Gasteiger charge is -2.16. The zero-order valence-electron chi connectivity index (χ0n) is 24.5. The summed E-state index contributed by atoms with van der Waals surface area (Å²) in [5.41, 5.74) is 5.70. The number of aromatic amines is 1. The summed E-state index contributed by atoms with van der Waals surface area (Å²) in [6, 6.07) is 23.2. The van der Waals surface area contributed by atoms with Crippen LogP contribution in [0.25, 0.3) is 34.0 Å². The number of benzene rings is 3. The fourth-order valence-electron chi connectivity index (χ4n) is 5.35. The normalized spacial score (nSPS) is 11.5. The van der Waals surface area contributed by atoms with Gasteiger partial charge in [0, 0.05) is 17.5 Å². The predicted molar refractivity (Wildman–Crippen MR) is 164 cm³/mol. The average molecular weight is 577 g/mol. The topological polar surface area (TPSA) is 120 Å². The minimum absolute atomic E-state index is 0.0468. The number of fused-ring (bicyclic) bond motifs is 1. The van der Waals surface area contributed by atoms with Crippen LogP contribution in [0.2, 0.25) is 0 Å². The minimum atomic E-state index is -0.604. The van der Waals surface area contributed by atoms with Crippen molar-refractivity contribution >= 4 is 5.78 Å². The number of nitrogens with one attached hydrogen (secondary N) is 1. The molecule has 0 fully saturated rings. The maximum atomic E-state index is 14.3. The molecular weight excluding hydrogens is 544 g/mol. The molecule has 1 N–H and O–H groups in total. The molecule has 10 heteroatoms. The van der Waals surface area contributed by atoms with Crippen LogP contribution in [0.3, 0.4) is 0 Å². The van der Waals surface area contributed by atoms with E-state index >= 15 is 0 Å². The molecule has 0 aliphatic carbocycles. The smallest absolute Gasteiger partial charge is 0.439 e. The summed E-state index contributed by atoms with van der Waals surface area (Å²) in [6.07, 6.45) is 2.01. The quantitative estimate of drug-likeness (QED) is 0.240. The highest BCUT2D eigenvalue weighted by Gasteiger charge is 2.21. The van der Waals surface area contributed by atoms with Gasteiger partial charge in [-0.3, -0.25) is 14.3 Å². The minimum Gasteiger partial charge on any atom is -0.491 e. The summed E-state index contributed by atoms with van der Waals surface area (Å²) >= 11 is 0. The highest BCUT2D eigenvalue weighted by molar-refractivity contribution is 5.80. The van der Waals surface area contributed by atoms with Crippen molar-refractivity contribution in [2.45, 2.75) is 53.1 Å². The lowest BCUT2D eigenvalue weighted by molar-refractivity contribution is 0.242. The van der Waals surface area contributed by atoms with Gasteiger partial charge in [-0.25, -0.2) is 13.9 Å². The van der Waals surface area contributed by atoms with Crippen LogP contribution in [-0.2, 0) is 12.8 Å². The molecule has 0 saturated carbocycles. The number of aryl methyl sites for hydroxylation is 2. The summed E-state index contributed by atoms with van der Waals surface area (Å²) < 4.78 is 14.0. The number of rotatable bonds is 9. The van der Waals surface area contributed by atoms with Crippen LogP contribution >= 0.6 is 0 Å². The van der Waals surface area contributed by atoms with Gasteiger partial charge in [0.25, 0.3) is 5.56 Å². The molecule has 0 bridgehead atoms. The van der Waals surface area contributed by atoms with Crippen LogP contribution in [0.15, 0.2) is 86.9 Å². The van der Waals surface area contributed by atoms with E-state index < -0.39 is 5.76 Å². The molecule has 0 aliphatic rings. The highest BCUT2D eigenvalue weighted by atomic mass is 16.5. The van der Waals surface area contributed by atoms with Crippen molar-refractivity contribution in [3.8, 4) is 34.0 Å². The Morgan fingerprint density at radius 2 is 1.67 bits per heavy atom. The first-order valence-corrected chi connectivity index (χ1v) is 14.3. The van der Waals surface area contributed by atoms with E-state index in [1.165, 1.54) is 0 Å². The second-order valence-electron chi connectivity index (χ2n) is 10.7. The SMILES string of the molecule is CCCc1c(Cc2ccc(-c3ccccc3-c3noc(=O)[nH]3)cc2)c(=O)n(-c2ccc(OC(C)C)cc2)c2nc(C)nn12. The first-order chi connectivity index (χ1) is 20.8. The molecule has 0 unspecified atom stereocenters. The predicted octanol–water partition coefficient (Wildman–Crippen LogP) is 5.53. The number of aromatic nitrogens is 6. The van der Waals surface area contributed by atoms with Gasteiger partial charge in [0.2, 0.25) is 5.78 Å². The molecule has 0 atom stereocenters. The molecule has 218 valence electrons. The van der Waals surface area contributed by atoms with Crippen LogP contribution in [0.4, 0.5) is 0 Å². The van der Waals surface area contributed by atoms with Gasteiger partial charge < -0.3 is 4.74 Å². The van der Waals surface area contributed by atoms with E-state index in [0.29, 0.717) is 41.5 Å². The van der Waals surface area contributed by atoms with Gasteiger partial charge in [0.05, 0.1) is 17.5 Å². The van der Waals surface area contributed by atoms with Crippen molar-refractivity contribution in [2.24, 2.45) is 0 Å². The molecule has 0 aliphatic heterocycles. The van der Waals surface area contributed by atoms with Crippen LogP contribution in [0, 0.1) is 6.92 Å². The van der Waals surface area contributed by atoms with E-state index in [1.54, 1.807) is 4.57 Å². The fourth-order valence-corrected chi connectivity index (χ4v) is 5.35. The molecule has 0 spiro atoms. The van der Waals surface area contributed by atoms with Crippen molar-refractivity contribution in [2.75, 3.05) is 0 Å². The zero-order valence-corrected chi connectivity index (χ0v) is 24.5. The maximum absolute atomic E-state index is 14.3. The van der Waals surface area contributed by atoms with Gasteiger partial charge in [-0.2, -0.15) is 10.1 Å². The Morgan fingerprint density at radius 1 is 0.953 bits per heavy atom. The third kappa shape index (κ3) is 5.51. The van der Waals surface area contributed by atoms with E-state index in [2.05, 4.69) is 22.0 Å². The number of H-pyrrole nitrogens is 1. The van der Waals surface area contributed by atoms with Crippen molar-refractivity contribution in [3.63, 3.8) is 0 Å². The number of ether oxygens (including phenoxy) is 1. The Morgan fingerprint density at radius 3 is 2.33 bits per heavy atom. The maximum Gasteiger partial charge on any atom is 0.439 e. The van der Waals surface area contributed by atoms with Gasteiger partial charge >= 0.3 is 5.76 Å². The molecule has 0 radical (unpaired) electrons.